The summed E-state index contributed by atoms with van der Waals surface area (Å²) in [5.41, 5.74) is 0.846. The van der Waals surface area contributed by atoms with Crippen molar-refractivity contribution in [2.24, 2.45) is 0 Å². The summed E-state index contributed by atoms with van der Waals surface area (Å²) in [6.07, 6.45) is 0.855. The maximum absolute atomic E-state index is 6.07. The van der Waals surface area contributed by atoms with E-state index in [0.717, 1.165) is 12.1 Å². The Kier molecular flexibility index (Phi) is 2.77. The molecule has 0 aliphatic carbocycles. The molecular formula is C10H12ClNO2. The van der Waals surface area contributed by atoms with Crippen LogP contribution in [0.4, 0.5) is 0 Å². The number of hydrogen-bond donors (Lipinski definition) is 0. The molecule has 0 spiro atoms. The van der Waals surface area contributed by atoms with Gasteiger partial charge in [-0.1, -0.05) is 6.92 Å². The number of halogens is 1. The van der Waals surface area contributed by atoms with Gasteiger partial charge in [0.2, 0.25) is 0 Å². The van der Waals surface area contributed by atoms with Gasteiger partial charge in [-0.2, -0.15) is 0 Å². The van der Waals surface area contributed by atoms with E-state index in [1.54, 1.807) is 0 Å². The lowest BCUT2D eigenvalue weighted by molar-refractivity contribution is 0.164. The van der Waals surface area contributed by atoms with E-state index < -0.39 is 0 Å². The van der Waals surface area contributed by atoms with Crippen LogP contribution in [0.25, 0.3) is 0 Å². The van der Waals surface area contributed by atoms with E-state index in [2.05, 4.69) is 4.98 Å². The van der Waals surface area contributed by atoms with Crippen molar-refractivity contribution >= 4 is 11.6 Å². The second-order valence-corrected chi connectivity index (χ2v) is 3.64. The van der Waals surface area contributed by atoms with Crippen LogP contribution in [0.15, 0.2) is 12.1 Å². The molecule has 2 rings (SSSR count). The molecule has 1 aromatic rings. The summed E-state index contributed by atoms with van der Waals surface area (Å²) in [5.74, 6) is 1.27. The molecule has 14 heavy (non-hydrogen) atoms. The van der Waals surface area contributed by atoms with E-state index in [4.69, 9.17) is 21.1 Å². The van der Waals surface area contributed by atoms with Crippen LogP contribution in [0.3, 0.4) is 0 Å². The quantitative estimate of drug-likeness (QED) is 0.708. The molecule has 0 saturated heterocycles. The average Bonchev–Trinajstić information content (AvgIpc) is 2.27. The zero-order chi connectivity index (χ0) is 9.97. The van der Waals surface area contributed by atoms with Gasteiger partial charge in [-0.15, -0.1) is 11.6 Å². The van der Waals surface area contributed by atoms with Crippen molar-refractivity contribution in [3.05, 3.63) is 17.8 Å². The normalized spacial score (nSPS) is 16.4. The van der Waals surface area contributed by atoms with Crippen LogP contribution in [-0.4, -0.2) is 18.2 Å². The summed E-state index contributed by atoms with van der Waals surface area (Å²) in [4.78, 5) is 4.30. The van der Waals surface area contributed by atoms with Crippen LogP contribution in [0, 0.1) is 0 Å². The first-order chi connectivity index (χ1) is 6.81. The van der Waals surface area contributed by atoms with E-state index in [1.165, 1.54) is 0 Å². The Hall–Kier alpha value is -0.960. The Balaban J connectivity index is 2.29. The zero-order valence-corrected chi connectivity index (χ0v) is 8.75. The minimum atomic E-state index is -0.0502. The number of aromatic nitrogens is 1. The second kappa shape index (κ2) is 4.05. The summed E-state index contributed by atoms with van der Waals surface area (Å²) in [6, 6.07) is 3.75. The number of alkyl halides is 1. The van der Waals surface area contributed by atoms with Crippen LogP contribution >= 0.6 is 11.6 Å². The van der Waals surface area contributed by atoms with E-state index in [0.29, 0.717) is 24.8 Å². The van der Waals surface area contributed by atoms with Gasteiger partial charge in [-0.05, 0) is 18.6 Å². The molecule has 1 aromatic heterocycles. The lowest BCUT2D eigenvalue weighted by Gasteiger charge is -2.18. The first kappa shape index (κ1) is 9.59. The summed E-state index contributed by atoms with van der Waals surface area (Å²) >= 11 is 6.07. The Morgan fingerprint density at radius 1 is 1.43 bits per heavy atom. The van der Waals surface area contributed by atoms with Crippen molar-refractivity contribution in [2.75, 3.05) is 13.2 Å². The summed E-state index contributed by atoms with van der Waals surface area (Å²) in [5, 5.41) is -0.0502. The molecule has 1 unspecified atom stereocenters. The third-order valence-corrected chi connectivity index (χ3v) is 2.64. The third kappa shape index (κ3) is 1.77. The predicted octanol–water partition coefficient (Wildman–Crippen LogP) is 2.54. The molecule has 1 atom stereocenters. The zero-order valence-electron chi connectivity index (χ0n) is 8.00. The summed E-state index contributed by atoms with van der Waals surface area (Å²) in [7, 11) is 0. The molecule has 0 bridgehead atoms. The highest BCUT2D eigenvalue weighted by Crippen LogP contribution is 2.31. The number of fused-ring (bicyclic) bond motifs is 1. The monoisotopic (exact) mass is 213 g/mol. The highest BCUT2D eigenvalue weighted by Gasteiger charge is 2.15. The first-order valence-electron chi connectivity index (χ1n) is 4.72. The predicted molar refractivity (Wildman–Crippen MR) is 54.1 cm³/mol. The van der Waals surface area contributed by atoms with Gasteiger partial charge in [0.25, 0.3) is 5.88 Å². The van der Waals surface area contributed by atoms with Crippen molar-refractivity contribution < 1.29 is 9.47 Å². The fourth-order valence-corrected chi connectivity index (χ4v) is 1.45. The lowest BCUT2D eigenvalue weighted by atomic mass is 10.2. The number of hydrogen-bond acceptors (Lipinski definition) is 3. The van der Waals surface area contributed by atoms with Gasteiger partial charge in [-0.3, -0.25) is 0 Å². The maximum Gasteiger partial charge on any atom is 0.257 e. The van der Waals surface area contributed by atoms with E-state index >= 15 is 0 Å². The van der Waals surface area contributed by atoms with Crippen molar-refractivity contribution in [3.63, 3.8) is 0 Å². The van der Waals surface area contributed by atoms with Crippen molar-refractivity contribution in [2.45, 2.75) is 18.7 Å². The highest BCUT2D eigenvalue weighted by molar-refractivity contribution is 6.20. The molecule has 0 fully saturated rings. The fourth-order valence-electron chi connectivity index (χ4n) is 1.33. The van der Waals surface area contributed by atoms with Crippen LogP contribution < -0.4 is 9.47 Å². The molecule has 1 aliphatic heterocycles. The summed E-state index contributed by atoms with van der Waals surface area (Å²) < 4.78 is 10.7. The lowest BCUT2D eigenvalue weighted by Crippen LogP contribution is -2.16. The van der Waals surface area contributed by atoms with Gasteiger partial charge in [0.05, 0.1) is 11.1 Å². The molecule has 3 nitrogen and oxygen atoms in total. The minimum absolute atomic E-state index is 0.0502. The smallest absolute Gasteiger partial charge is 0.257 e. The van der Waals surface area contributed by atoms with Gasteiger partial charge in [0.1, 0.15) is 13.2 Å². The van der Waals surface area contributed by atoms with Gasteiger partial charge in [-0.25, -0.2) is 4.98 Å². The van der Waals surface area contributed by atoms with E-state index in [1.807, 2.05) is 19.1 Å². The molecule has 4 heteroatoms. The molecule has 0 saturated carbocycles. The Labute approximate surface area is 88.0 Å². The van der Waals surface area contributed by atoms with Crippen molar-refractivity contribution in [1.29, 1.82) is 0 Å². The number of nitrogens with zero attached hydrogens (tertiary/aromatic N) is 1. The number of rotatable bonds is 2. The van der Waals surface area contributed by atoms with Crippen molar-refractivity contribution in [1.82, 2.24) is 4.98 Å². The molecular weight excluding hydrogens is 202 g/mol. The third-order valence-electron chi connectivity index (χ3n) is 2.11. The standard InChI is InChI=1S/C10H12ClNO2/c1-2-7(11)8-3-4-9-10(12-8)14-6-5-13-9/h3-4,7H,2,5-6H2,1H3. The second-order valence-electron chi connectivity index (χ2n) is 3.11. The van der Waals surface area contributed by atoms with Gasteiger partial charge in [0, 0.05) is 0 Å². The van der Waals surface area contributed by atoms with Crippen LogP contribution in [0.2, 0.25) is 0 Å². The van der Waals surface area contributed by atoms with Crippen LogP contribution in [0.5, 0.6) is 11.6 Å². The van der Waals surface area contributed by atoms with Crippen LogP contribution in [-0.2, 0) is 0 Å². The van der Waals surface area contributed by atoms with E-state index in [-0.39, 0.29) is 5.38 Å². The molecule has 0 aromatic carbocycles. The van der Waals surface area contributed by atoms with Gasteiger partial charge < -0.3 is 9.47 Å². The Bertz CT molecular complexity index is 330. The number of ether oxygens (including phenoxy) is 2. The highest BCUT2D eigenvalue weighted by atomic mass is 35.5. The van der Waals surface area contributed by atoms with Crippen LogP contribution in [0.1, 0.15) is 24.4 Å². The maximum atomic E-state index is 6.07. The van der Waals surface area contributed by atoms with Gasteiger partial charge >= 0.3 is 0 Å². The first-order valence-corrected chi connectivity index (χ1v) is 5.15. The molecule has 76 valence electrons. The molecule has 0 radical (unpaired) electrons. The van der Waals surface area contributed by atoms with E-state index in [9.17, 15) is 0 Å². The molecule has 0 N–H and O–H groups in total. The molecule has 0 amide bonds. The van der Waals surface area contributed by atoms with Crippen molar-refractivity contribution in [3.8, 4) is 11.6 Å². The molecule has 2 heterocycles. The average molecular weight is 214 g/mol. The SMILES string of the molecule is CCC(Cl)c1ccc2c(n1)OCCO2. The Morgan fingerprint density at radius 2 is 2.21 bits per heavy atom. The summed E-state index contributed by atoms with van der Waals surface area (Å²) in [6.45, 7) is 3.17. The topological polar surface area (TPSA) is 31.4 Å². The largest absolute Gasteiger partial charge is 0.484 e. The molecule has 1 aliphatic rings. The number of pyridine rings is 1. The fraction of sp³-hybridized carbons (Fsp3) is 0.500. The van der Waals surface area contributed by atoms with Gasteiger partial charge in [0.15, 0.2) is 5.75 Å². The Morgan fingerprint density at radius 3 is 3.00 bits per heavy atom. The minimum Gasteiger partial charge on any atom is -0.484 e.